The van der Waals surface area contributed by atoms with Gasteiger partial charge in [-0.2, -0.15) is 0 Å². The summed E-state index contributed by atoms with van der Waals surface area (Å²) in [5.41, 5.74) is 5.22. The van der Waals surface area contributed by atoms with E-state index in [0.29, 0.717) is 12.3 Å². The van der Waals surface area contributed by atoms with E-state index in [1.165, 1.54) is 0 Å². The van der Waals surface area contributed by atoms with Crippen LogP contribution in [0.25, 0.3) is 0 Å². The van der Waals surface area contributed by atoms with E-state index >= 15 is 0 Å². The molecule has 1 atom stereocenters. The third-order valence-electron chi connectivity index (χ3n) is 0.984. The van der Waals surface area contributed by atoms with E-state index in [1.807, 2.05) is 13.8 Å². The molecule has 0 aromatic rings. The van der Waals surface area contributed by atoms with Crippen LogP contribution in [0.4, 0.5) is 0 Å². The summed E-state index contributed by atoms with van der Waals surface area (Å²) >= 11 is 0. The van der Waals surface area contributed by atoms with Crippen LogP contribution in [0.5, 0.6) is 0 Å². The molecule has 0 aromatic carbocycles. The Bertz CT molecular complexity index is 134. The summed E-state index contributed by atoms with van der Waals surface area (Å²) in [5, 5.41) is -0.653. The highest BCUT2D eigenvalue weighted by molar-refractivity contribution is 7.73. The summed E-state index contributed by atoms with van der Waals surface area (Å²) in [6.45, 7) is 3.89. The van der Waals surface area contributed by atoms with Gasteiger partial charge in [0.15, 0.2) is 10.7 Å². The summed E-state index contributed by atoms with van der Waals surface area (Å²) in [6, 6.07) is 0. The topological polar surface area (TPSA) is 60.2 Å². The van der Waals surface area contributed by atoms with Gasteiger partial charge in [0.2, 0.25) is 0 Å². The van der Waals surface area contributed by atoms with E-state index in [2.05, 4.69) is 0 Å². The van der Waals surface area contributed by atoms with Crippen LogP contribution >= 0.6 is 0 Å². The predicted octanol–water partition coefficient (Wildman–Crippen LogP) is -0.0713. The van der Waals surface area contributed by atoms with Crippen LogP contribution in [-0.4, -0.2) is 13.8 Å². The van der Waals surface area contributed by atoms with Crippen molar-refractivity contribution in [2.75, 3.05) is 0 Å². The molecule has 0 rings (SSSR count). The standard InChI is InChI=1S/C5H13NO2S/c1-4(2)3-5(6)9(7)8/h4-5,9H,3,6H2,1-2H3. The monoisotopic (exact) mass is 151 g/mol. The first-order chi connectivity index (χ1) is 4.04. The maximum atomic E-state index is 10.1. The summed E-state index contributed by atoms with van der Waals surface area (Å²) in [7, 11) is -2.42. The first-order valence-electron chi connectivity index (χ1n) is 2.93. The predicted molar refractivity (Wildman–Crippen MR) is 37.7 cm³/mol. The Hall–Kier alpha value is -0.0900. The lowest BCUT2D eigenvalue weighted by Gasteiger charge is -2.05. The molecule has 0 saturated carbocycles. The molecular formula is C5H13NO2S. The highest BCUT2D eigenvalue weighted by atomic mass is 32.2. The zero-order chi connectivity index (χ0) is 7.44. The average Bonchev–Trinajstić information content (AvgIpc) is 1.63. The Kier molecular flexibility index (Phi) is 3.81. The Morgan fingerprint density at radius 2 is 1.89 bits per heavy atom. The van der Waals surface area contributed by atoms with E-state index in [0.717, 1.165) is 0 Å². The van der Waals surface area contributed by atoms with Crippen molar-refractivity contribution in [3.8, 4) is 0 Å². The van der Waals surface area contributed by atoms with Gasteiger partial charge in [-0.05, 0) is 12.3 Å². The van der Waals surface area contributed by atoms with E-state index < -0.39 is 16.1 Å². The molecule has 0 aliphatic carbocycles. The van der Waals surface area contributed by atoms with Gasteiger partial charge in [0.25, 0.3) is 0 Å². The summed E-state index contributed by atoms with van der Waals surface area (Å²) < 4.78 is 20.3. The van der Waals surface area contributed by atoms with Gasteiger partial charge in [-0.15, -0.1) is 0 Å². The molecule has 0 aliphatic heterocycles. The fourth-order valence-electron chi connectivity index (χ4n) is 0.569. The van der Waals surface area contributed by atoms with E-state index in [-0.39, 0.29) is 0 Å². The first-order valence-corrected chi connectivity index (χ1v) is 4.17. The van der Waals surface area contributed by atoms with Gasteiger partial charge < -0.3 is 5.73 Å². The summed E-state index contributed by atoms with van der Waals surface area (Å²) in [6.07, 6.45) is 0.554. The van der Waals surface area contributed by atoms with Crippen molar-refractivity contribution in [1.82, 2.24) is 0 Å². The highest BCUT2D eigenvalue weighted by Crippen LogP contribution is 2.01. The second-order valence-corrected chi connectivity index (χ2v) is 3.72. The smallest absolute Gasteiger partial charge is 0.155 e. The van der Waals surface area contributed by atoms with Crippen molar-refractivity contribution >= 4 is 10.7 Å². The molecule has 4 heteroatoms. The first kappa shape index (κ1) is 8.91. The lowest BCUT2D eigenvalue weighted by molar-refractivity contribution is 0.541. The minimum atomic E-state index is -2.42. The number of nitrogens with two attached hydrogens (primary N) is 1. The maximum Gasteiger partial charge on any atom is 0.155 e. The van der Waals surface area contributed by atoms with E-state index in [4.69, 9.17) is 5.73 Å². The molecule has 9 heavy (non-hydrogen) atoms. The van der Waals surface area contributed by atoms with Gasteiger partial charge in [0, 0.05) is 0 Å². The van der Waals surface area contributed by atoms with Crippen LogP contribution in [0.2, 0.25) is 0 Å². The molecule has 2 N–H and O–H groups in total. The quantitative estimate of drug-likeness (QED) is 0.555. The zero-order valence-electron chi connectivity index (χ0n) is 5.70. The number of rotatable bonds is 3. The van der Waals surface area contributed by atoms with Crippen LogP contribution in [0.3, 0.4) is 0 Å². The molecule has 1 unspecified atom stereocenters. The van der Waals surface area contributed by atoms with E-state index in [9.17, 15) is 8.42 Å². The second kappa shape index (κ2) is 3.85. The van der Waals surface area contributed by atoms with Crippen molar-refractivity contribution in [3.05, 3.63) is 0 Å². The van der Waals surface area contributed by atoms with Gasteiger partial charge >= 0.3 is 0 Å². The molecule has 0 saturated heterocycles. The molecule has 0 amide bonds. The van der Waals surface area contributed by atoms with Gasteiger partial charge in [-0.25, -0.2) is 8.42 Å². The third kappa shape index (κ3) is 4.42. The van der Waals surface area contributed by atoms with Gasteiger partial charge in [0.05, 0.1) is 0 Å². The van der Waals surface area contributed by atoms with Crippen molar-refractivity contribution in [1.29, 1.82) is 0 Å². The van der Waals surface area contributed by atoms with Crippen LogP contribution in [0.1, 0.15) is 20.3 Å². The van der Waals surface area contributed by atoms with Crippen LogP contribution in [0.15, 0.2) is 0 Å². The molecule has 0 bridgehead atoms. The second-order valence-electron chi connectivity index (χ2n) is 2.48. The van der Waals surface area contributed by atoms with E-state index in [1.54, 1.807) is 0 Å². The Labute approximate surface area is 57.2 Å². The van der Waals surface area contributed by atoms with Crippen LogP contribution in [0, 0.1) is 5.92 Å². The largest absolute Gasteiger partial charge is 0.315 e. The molecule has 3 nitrogen and oxygen atoms in total. The molecule has 0 spiro atoms. The molecule has 0 aromatic heterocycles. The minimum Gasteiger partial charge on any atom is -0.315 e. The Morgan fingerprint density at radius 3 is 2.00 bits per heavy atom. The van der Waals surface area contributed by atoms with Gasteiger partial charge in [-0.1, -0.05) is 13.8 Å². The minimum absolute atomic E-state index is 0.355. The van der Waals surface area contributed by atoms with Crippen molar-refractivity contribution in [3.63, 3.8) is 0 Å². The molecular weight excluding hydrogens is 138 g/mol. The van der Waals surface area contributed by atoms with Crippen molar-refractivity contribution in [2.24, 2.45) is 11.7 Å². The lowest BCUT2D eigenvalue weighted by atomic mass is 10.1. The van der Waals surface area contributed by atoms with Crippen molar-refractivity contribution < 1.29 is 8.42 Å². The lowest BCUT2D eigenvalue weighted by Crippen LogP contribution is -2.23. The summed E-state index contributed by atoms with van der Waals surface area (Å²) in [4.78, 5) is 0. The maximum absolute atomic E-state index is 10.1. The number of hydrogen-bond donors (Lipinski definition) is 2. The van der Waals surface area contributed by atoms with Crippen LogP contribution < -0.4 is 5.73 Å². The zero-order valence-corrected chi connectivity index (χ0v) is 6.60. The van der Waals surface area contributed by atoms with Gasteiger partial charge in [-0.3, -0.25) is 0 Å². The molecule has 0 radical (unpaired) electrons. The normalized spacial score (nSPS) is 14.8. The van der Waals surface area contributed by atoms with Gasteiger partial charge in [0.1, 0.15) is 5.37 Å². The fraction of sp³-hybridized carbons (Fsp3) is 1.00. The van der Waals surface area contributed by atoms with Crippen molar-refractivity contribution in [2.45, 2.75) is 25.6 Å². The third-order valence-corrected chi connectivity index (χ3v) is 1.74. The van der Waals surface area contributed by atoms with Crippen LogP contribution in [-0.2, 0) is 10.7 Å². The summed E-state index contributed by atoms with van der Waals surface area (Å²) in [5.74, 6) is 0.355. The molecule has 56 valence electrons. The molecule has 0 heterocycles. The highest BCUT2D eigenvalue weighted by Gasteiger charge is 2.05. The fourth-order valence-corrected chi connectivity index (χ4v) is 1.16. The Balaban J connectivity index is 3.64. The Morgan fingerprint density at radius 1 is 1.44 bits per heavy atom. The molecule has 0 fully saturated rings. The molecule has 0 aliphatic rings. The average molecular weight is 151 g/mol. The SMILES string of the molecule is CC(C)CC(N)[SH](=O)=O. The number of thiol groups is 1. The number of hydrogen-bond acceptors (Lipinski definition) is 3.